The second-order valence-corrected chi connectivity index (χ2v) is 10.9. The maximum absolute atomic E-state index is 12.8. The third-order valence-electron chi connectivity index (χ3n) is 7.11. The van der Waals surface area contributed by atoms with Crippen molar-refractivity contribution in [1.29, 1.82) is 0 Å². The van der Waals surface area contributed by atoms with Gasteiger partial charge in [0.15, 0.2) is 0 Å². The summed E-state index contributed by atoms with van der Waals surface area (Å²) in [6, 6.07) is 18.6. The van der Waals surface area contributed by atoms with Crippen LogP contribution in [0.4, 0.5) is 0 Å². The molecule has 9 heteroatoms. The highest BCUT2D eigenvalue weighted by molar-refractivity contribution is 6.30. The quantitative estimate of drug-likeness (QED) is 0.229. The third-order valence-corrected chi connectivity index (χ3v) is 7.34. The van der Waals surface area contributed by atoms with Crippen molar-refractivity contribution in [2.45, 2.75) is 50.5 Å². The number of hydrogen-bond acceptors (Lipinski definition) is 5. The van der Waals surface area contributed by atoms with Gasteiger partial charge in [-0.15, -0.1) is 0 Å². The van der Waals surface area contributed by atoms with Gasteiger partial charge in [0.2, 0.25) is 0 Å². The molecule has 216 valence electrons. The number of nitrogens with zero attached hydrogens (tertiary/aromatic N) is 1. The largest absolute Gasteiger partial charge is 0.493 e. The van der Waals surface area contributed by atoms with E-state index in [1.54, 1.807) is 32.3 Å². The predicted octanol–water partition coefficient (Wildman–Crippen LogP) is 6.29. The van der Waals surface area contributed by atoms with Gasteiger partial charge in [0.25, 0.3) is 5.91 Å². The van der Waals surface area contributed by atoms with Crippen molar-refractivity contribution in [3.63, 3.8) is 0 Å². The summed E-state index contributed by atoms with van der Waals surface area (Å²) >= 11 is 6.22. The average Bonchev–Trinajstić information content (AvgIpc) is 2.91. The summed E-state index contributed by atoms with van der Waals surface area (Å²) in [5, 5.41) is 18.8. The van der Waals surface area contributed by atoms with Gasteiger partial charge in [-0.2, -0.15) is 0 Å². The number of carboxylic acids is 2. The Morgan fingerprint density at radius 1 is 0.927 bits per heavy atom. The summed E-state index contributed by atoms with van der Waals surface area (Å²) in [5.41, 5.74) is 4.09. The Bertz CT molecular complexity index is 1410. The summed E-state index contributed by atoms with van der Waals surface area (Å²) in [6.07, 6.45) is 2.02. The van der Waals surface area contributed by atoms with Gasteiger partial charge in [-0.3, -0.25) is 14.4 Å². The molecule has 1 fully saturated rings. The van der Waals surface area contributed by atoms with Crippen molar-refractivity contribution in [3.8, 4) is 22.6 Å². The lowest BCUT2D eigenvalue weighted by Crippen LogP contribution is -2.33. The molecule has 3 aromatic rings. The minimum Gasteiger partial charge on any atom is -0.493 e. The summed E-state index contributed by atoms with van der Waals surface area (Å²) in [7, 11) is 3.41. The second-order valence-electron chi connectivity index (χ2n) is 10.4. The van der Waals surface area contributed by atoms with E-state index in [0.29, 0.717) is 34.9 Å². The molecule has 2 N–H and O–H groups in total. The van der Waals surface area contributed by atoms with E-state index >= 15 is 0 Å². The molecule has 41 heavy (non-hydrogen) atoms. The van der Waals surface area contributed by atoms with Crippen LogP contribution in [0.25, 0.3) is 11.1 Å². The molecule has 0 aromatic heterocycles. The third kappa shape index (κ3) is 8.01. The van der Waals surface area contributed by atoms with Crippen LogP contribution in [-0.4, -0.2) is 59.8 Å². The first kappa shape index (κ1) is 29.9. The van der Waals surface area contributed by atoms with E-state index in [9.17, 15) is 19.5 Å². The molecule has 0 atom stereocenters. The first-order valence-corrected chi connectivity index (χ1v) is 14.0. The van der Waals surface area contributed by atoms with E-state index in [1.807, 2.05) is 42.5 Å². The number of hydrogen-bond donors (Lipinski definition) is 2. The Labute approximate surface area is 244 Å². The predicted molar refractivity (Wildman–Crippen MR) is 156 cm³/mol. The Kier molecular flexibility index (Phi) is 9.89. The van der Waals surface area contributed by atoms with Crippen molar-refractivity contribution in [2.24, 2.45) is 0 Å². The molecule has 1 aliphatic carbocycles. The summed E-state index contributed by atoms with van der Waals surface area (Å²) in [5.74, 6) is -0.560. The number of ether oxygens (including phenoxy) is 2. The highest BCUT2D eigenvalue weighted by Crippen LogP contribution is 2.43. The Morgan fingerprint density at radius 3 is 2.34 bits per heavy atom. The normalized spacial score (nSPS) is 16.0. The van der Waals surface area contributed by atoms with Gasteiger partial charge in [0, 0.05) is 37.5 Å². The fourth-order valence-electron chi connectivity index (χ4n) is 5.00. The molecule has 0 saturated heterocycles. The molecular weight excluding hydrogens is 546 g/mol. The van der Waals surface area contributed by atoms with Crippen molar-refractivity contribution in [3.05, 3.63) is 82.4 Å². The maximum Gasteiger partial charge on any atom is 0.303 e. The number of halogens is 1. The molecule has 1 aliphatic rings. The van der Waals surface area contributed by atoms with Crippen LogP contribution >= 0.6 is 11.6 Å². The molecule has 0 bridgehead atoms. The van der Waals surface area contributed by atoms with Gasteiger partial charge in [0.05, 0.1) is 12.7 Å². The van der Waals surface area contributed by atoms with E-state index in [1.165, 1.54) is 4.90 Å². The van der Waals surface area contributed by atoms with Gasteiger partial charge >= 0.3 is 11.9 Å². The maximum atomic E-state index is 12.8. The Balaban J connectivity index is 1.51. The monoisotopic (exact) mass is 579 g/mol. The van der Waals surface area contributed by atoms with E-state index in [4.69, 9.17) is 26.2 Å². The van der Waals surface area contributed by atoms with Gasteiger partial charge < -0.3 is 24.6 Å². The number of amides is 1. The van der Waals surface area contributed by atoms with Gasteiger partial charge in [-0.1, -0.05) is 35.9 Å². The van der Waals surface area contributed by atoms with Crippen molar-refractivity contribution in [1.82, 2.24) is 4.90 Å². The van der Waals surface area contributed by atoms with Crippen LogP contribution in [0.5, 0.6) is 11.5 Å². The minimum atomic E-state index is -0.894. The highest BCUT2D eigenvalue weighted by Gasteiger charge is 2.34. The second kappa shape index (κ2) is 13.5. The van der Waals surface area contributed by atoms with Crippen LogP contribution in [0.15, 0.2) is 60.7 Å². The molecule has 1 amide bonds. The molecule has 0 spiro atoms. The van der Waals surface area contributed by atoms with E-state index in [0.717, 1.165) is 35.1 Å². The minimum absolute atomic E-state index is 0.00611. The lowest BCUT2D eigenvalue weighted by Gasteiger charge is -2.37. The first-order chi connectivity index (χ1) is 19.6. The average molecular weight is 580 g/mol. The zero-order valence-corrected chi connectivity index (χ0v) is 23.9. The smallest absolute Gasteiger partial charge is 0.303 e. The number of rotatable bonds is 13. The zero-order chi connectivity index (χ0) is 29.5. The van der Waals surface area contributed by atoms with Gasteiger partial charge in [-0.05, 0) is 90.3 Å². The van der Waals surface area contributed by atoms with Crippen molar-refractivity contribution in [2.75, 3.05) is 20.7 Å². The van der Waals surface area contributed by atoms with Crippen LogP contribution in [0.1, 0.15) is 59.5 Å². The standard InChI is InChI=1S/C32H34ClNO7/c1-34(2)32(39)23-14-21(20-6-3-7-24(33)15-20)16-25(19-23)41-26-17-22(18-26)27-8-4-9-29(28(27)11-12-31(37)38)40-13-5-10-30(35)36/h3-4,6-9,14-16,19,22,26H,5,10-13,17-18H2,1-2H3,(H,35,36)(H,37,38). The molecule has 3 aromatic carbocycles. The molecule has 4 rings (SSSR count). The summed E-state index contributed by atoms with van der Waals surface area (Å²) in [6.45, 7) is 0.239. The molecular formula is C32H34ClNO7. The van der Waals surface area contributed by atoms with Gasteiger partial charge in [-0.25, -0.2) is 0 Å². The lowest BCUT2D eigenvalue weighted by atomic mass is 9.75. The van der Waals surface area contributed by atoms with Gasteiger partial charge in [0.1, 0.15) is 11.5 Å². The summed E-state index contributed by atoms with van der Waals surface area (Å²) < 4.78 is 12.2. The number of aliphatic carboxylic acids is 2. The number of benzene rings is 3. The zero-order valence-electron chi connectivity index (χ0n) is 23.1. The van der Waals surface area contributed by atoms with Crippen LogP contribution in [0.3, 0.4) is 0 Å². The van der Waals surface area contributed by atoms with E-state index in [2.05, 4.69) is 0 Å². The first-order valence-electron chi connectivity index (χ1n) is 13.6. The Hall–Kier alpha value is -4.04. The Morgan fingerprint density at radius 2 is 1.66 bits per heavy atom. The lowest BCUT2D eigenvalue weighted by molar-refractivity contribution is -0.138. The van der Waals surface area contributed by atoms with Crippen LogP contribution in [0, 0.1) is 0 Å². The van der Waals surface area contributed by atoms with E-state index in [-0.39, 0.29) is 37.4 Å². The fourth-order valence-corrected chi connectivity index (χ4v) is 5.19. The van der Waals surface area contributed by atoms with Crippen molar-refractivity contribution >= 4 is 29.4 Å². The fraction of sp³-hybridized carbons (Fsp3) is 0.344. The number of carbonyl (C=O) groups is 3. The molecule has 0 radical (unpaired) electrons. The van der Waals surface area contributed by atoms with Crippen LogP contribution < -0.4 is 9.47 Å². The molecule has 0 heterocycles. The number of carbonyl (C=O) groups excluding carboxylic acids is 1. The molecule has 1 saturated carbocycles. The molecule has 0 unspecified atom stereocenters. The summed E-state index contributed by atoms with van der Waals surface area (Å²) in [4.78, 5) is 36.5. The number of carboxylic acid groups (broad SMARTS) is 2. The van der Waals surface area contributed by atoms with Crippen LogP contribution in [0.2, 0.25) is 5.02 Å². The van der Waals surface area contributed by atoms with E-state index < -0.39 is 11.9 Å². The van der Waals surface area contributed by atoms with Crippen molar-refractivity contribution < 1.29 is 34.1 Å². The molecule has 8 nitrogen and oxygen atoms in total. The highest BCUT2D eigenvalue weighted by atomic mass is 35.5. The van der Waals surface area contributed by atoms with Crippen LogP contribution in [-0.2, 0) is 16.0 Å². The molecule has 0 aliphatic heterocycles. The SMILES string of the molecule is CN(C)C(=O)c1cc(OC2CC(c3cccc(OCCCC(=O)O)c3CCC(=O)O)C2)cc(-c2cccc(Cl)c2)c1. The topological polar surface area (TPSA) is 113 Å².